The number of amides is 1. The molecule has 7 heteroatoms. The minimum atomic E-state index is -0.155. The number of hydrogen-bond acceptors (Lipinski definition) is 5. The van der Waals surface area contributed by atoms with Crippen molar-refractivity contribution in [2.75, 3.05) is 32.8 Å². The van der Waals surface area contributed by atoms with Crippen LogP contribution in [-0.4, -0.2) is 71.7 Å². The molecule has 0 unspecified atom stereocenters. The summed E-state index contributed by atoms with van der Waals surface area (Å²) < 4.78 is 13.3. The first-order valence-electron chi connectivity index (χ1n) is 8.86. The molecule has 2 saturated heterocycles. The average Bonchev–Trinajstić information content (AvgIpc) is 3.24. The molecule has 1 N–H and O–H groups in total. The lowest BCUT2D eigenvalue weighted by atomic mass is 10.2. The van der Waals surface area contributed by atoms with Crippen molar-refractivity contribution in [1.29, 1.82) is 0 Å². The molecule has 3 rings (SSSR count). The largest absolute Gasteiger partial charge is 0.376 e. The van der Waals surface area contributed by atoms with E-state index in [0.29, 0.717) is 19.7 Å². The van der Waals surface area contributed by atoms with Crippen molar-refractivity contribution >= 4 is 5.91 Å². The van der Waals surface area contributed by atoms with Crippen LogP contribution in [0.15, 0.2) is 12.4 Å². The van der Waals surface area contributed by atoms with Crippen LogP contribution in [0, 0.1) is 6.92 Å². The summed E-state index contributed by atoms with van der Waals surface area (Å²) in [5.41, 5.74) is 1.14. The van der Waals surface area contributed by atoms with E-state index in [1.165, 1.54) is 0 Å². The van der Waals surface area contributed by atoms with Gasteiger partial charge in [-0.2, -0.15) is 5.10 Å². The maximum atomic E-state index is 12.4. The number of nitrogens with zero attached hydrogens (tertiary/aromatic N) is 3. The van der Waals surface area contributed by atoms with Gasteiger partial charge in [-0.05, 0) is 32.3 Å². The Bertz CT molecular complexity index is 542. The topological polar surface area (TPSA) is 68.6 Å². The molecule has 3 heterocycles. The van der Waals surface area contributed by atoms with Gasteiger partial charge in [0.2, 0.25) is 5.91 Å². The molecule has 1 amide bonds. The van der Waals surface area contributed by atoms with E-state index in [1.807, 2.05) is 30.9 Å². The molecular weight excluding hydrogens is 308 g/mol. The van der Waals surface area contributed by atoms with Crippen molar-refractivity contribution in [3.05, 3.63) is 18.0 Å². The van der Waals surface area contributed by atoms with Crippen LogP contribution in [0.1, 0.15) is 25.3 Å². The minimum Gasteiger partial charge on any atom is -0.376 e. The second-order valence-electron chi connectivity index (χ2n) is 6.78. The predicted molar refractivity (Wildman–Crippen MR) is 89.7 cm³/mol. The summed E-state index contributed by atoms with van der Waals surface area (Å²) in [6, 6.07) is -0.155. The molecule has 7 nitrogen and oxygen atoms in total. The molecule has 2 aliphatic rings. The highest BCUT2D eigenvalue weighted by Crippen LogP contribution is 2.13. The van der Waals surface area contributed by atoms with Gasteiger partial charge in [0, 0.05) is 32.4 Å². The summed E-state index contributed by atoms with van der Waals surface area (Å²) in [5.74, 6) is 0.0704. The fraction of sp³-hybridized carbons (Fsp3) is 0.765. The second-order valence-corrected chi connectivity index (χ2v) is 6.78. The zero-order valence-electron chi connectivity index (χ0n) is 14.6. The van der Waals surface area contributed by atoms with Crippen molar-refractivity contribution in [3.8, 4) is 0 Å². The van der Waals surface area contributed by atoms with E-state index in [0.717, 1.165) is 38.1 Å². The zero-order valence-corrected chi connectivity index (χ0v) is 14.6. The molecule has 0 radical (unpaired) electrons. The van der Waals surface area contributed by atoms with E-state index in [1.54, 1.807) is 0 Å². The molecule has 2 aliphatic heterocycles. The third-order valence-corrected chi connectivity index (χ3v) is 4.78. The number of morpholine rings is 1. The van der Waals surface area contributed by atoms with Crippen molar-refractivity contribution in [3.63, 3.8) is 0 Å². The van der Waals surface area contributed by atoms with Gasteiger partial charge in [-0.1, -0.05) is 0 Å². The summed E-state index contributed by atoms with van der Waals surface area (Å²) in [5, 5.41) is 7.34. The molecule has 2 fully saturated rings. The van der Waals surface area contributed by atoms with Gasteiger partial charge >= 0.3 is 0 Å². The summed E-state index contributed by atoms with van der Waals surface area (Å²) in [4.78, 5) is 14.6. The molecule has 24 heavy (non-hydrogen) atoms. The smallest absolute Gasteiger partial charge is 0.237 e. The van der Waals surface area contributed by atoms with Crippen LogP contribution in [-0.2, 0) is 20.8 Å². The Hall–Kier alpha value is -1.44. The quantitative estimate of drug-likeness (QED) is 0.823. The first-order chi connectivity index (χ1) is 11.6. The number of nitrogens with one attached hydrogen (secondary N) is 1. The maximum absolute atomic E-state index is 12.4. The van der Waals surface area contributed by atoms with Crippen molar-refractivity contribution < 1.29 is 14.3 Å². The van der Waals surface area contributed by atoms with Crippen LogP contribution in [0.3, 0.4) is 0 Å². The van der Waals surface area contributed by atoms with E-state index in [-0.39, 0.29) is 24.2 Å². The predicted octanol–water partition coefficient (Wildman–Crippen LogP) is 0.576. The number of hydrogen-bond donors (Lipinski definition) is 1. The Morgan fingerprint density at radius 2 is 2.25 bits per heavy atom. The van der Waals surface area contributed by atoms with Crippen molar-refractivity contribution in [2.45, 2.75) is 51.5 Å². The average molecular weight is 336 g/mol. The molecule has 0 saturated carbocycles. The first kappa shape index (κ1) is 17.4. The molecule has 1 aromatic heterocycles. The molecule has 3 atom stereocenters. The highest BCUT2D eigenvalue weighted by atomic mass is 16.5. The Morgan fingerprint density at radius 1 is 1.42 bits per heavy atom. The third kappa shape index (κ3) is 4.55. The molecule has 0 bridgehead atoms. The van der Waals surface area contributed by atoms with Crippen LogP contribution in [0.4, 0.5) is 0 Å². The fourth-order valence-electron chi connectivity index (χ4n) is 3.31. The standard InChI is InChI=1S/C17H28N4O3/c1-13-8-19-21(10-13)12-16-11-20(5-7-24-16)14(2)17(22)18-9-15-4-3-6-23-15/h8,10,14-16H,3-7,9,11-12H2,1-2H3,(H,18,22)/t14-,15+,16-/m0/s1. The number of aromatic nitrogens is 2. The van der Waals surface area contributed by atoms with Gasteiger partial charge in [-0.15, -0.1) is 0 Å². The highest BCUT2D eigenvalue weighted by molar-refractivity contribution is 5.81. The molecular formula is C17H28N4O3. The van der Waals surface area contributed by atoms with E-state index in [2.05, 4.69) is 15.3 Å². The van der Waals surface area contributed by atoms with Crippen LogP contribution in [0.25, 0.3) is 0 Å². The maximum Gasteiger partial charge on any atom is 0.237 e. The van der Waals surface area contributed by atoms with E-state index >= 15 is 0 Å². The van der Waals surface area contributed by atoms with Gasteiger partial charge in [0.1, 0.15) is 0 Å². The van der Waals surface area contributed by atoms with Crippen LogP contribution < -0.4 is 5.32 Å². The number of carbonyl (C=O) groups excluding carboxylic acids is 1. The lowest BCUT2D eigenvalue weighted by Gasteiger charge is -2.36. The van der Waals surface area contributed by atoms with Crippen LogP contribution >= 0.6 is 0 Å². The second kappa shape index (κ2) is 8.09. The van der Waals surface area contributed by atoms with Gasteiger partial charge in [0.05, 0.1) is 37.6 Å². The van der Waals surface area contributed by atoms with Gasteiger partial charge in [-0.3, -0.25) is 14.4 Å². The number of carbonyl (C=O) groups is 1. The van der Waals surface area contributed by atoms with Crippen LogP contribution in [0.2, 0.25) is 0 Å². The Labute approximate surface area is 143 Å². The summed E-state index contributed by atoms with van der Waals surface area (Å²) >= 11 is 0. The van der Waals surface area contributed by atoms with Crippen LogP contribution in [0.5, 0.6) is 0 Å². The lowest BCUT2D eigenvalue weighted by Crippen LogP contribution is -2.53. The summed E-state index contributed by atoms with van der Waals surface area (Å²) in [6.45, 7) is 8.31. The third-order valence-electron chi connectivity index (χ3n) is 4.78. The summed E-state index contributed by atoms with van der Waals surface area (Å²) in [6.07, 6.45) is 6.24. The number of ether oxygens (including phenoxy) is 2. The Balaban J connectivity index is 1.46. The van der Waals surface area contributed by atoms with Gasteiger partial charge < -0.3 is 14.8 Å². The molecule has 0 spiro atoms. The molecule has 0 aromatic carbocycles. The Morgan fingerprint density at radius 3 is 2.96 bits per heavy atom. The number of aryl methyl sites for hydroxylation is 1. The summed E-state index contributed by atoms with van der Waals surface area (Å²) in [7, 11) is 0. The van der Waals surface area contributed by atoms with E-state index < -0.39 is 0 Å². The van der Waals surface area contributed by atoms with Crippen molar-refractivity contribution in [2.24, 2.45) is 0 Å². The van der Waals surface area contributed by atoms with Gasteiger partial charge in [-0.25, -0.2) is 0 Å². The SMILES string of the molecule is Cc1cnn(C[C@@H]2CN([C@@H](C)C(=O)NC[C@H]3CCCO3)CCO2)c1. The molecule has 1 aromatic rings. The zero-order chi connectivity index (χ0) is 16.9. The molecule has 0 aliphatic carbocycles. The van der Waals surface area contributed by atoms with Crippen molar-refractivity contribution in [1.82, 2.24) is 20.0 Å². The van der Waals surface area contributed by atoms with E-state index in [4.69, 9.17) is 9.47 Å². The minimum absolute atomic E-state index is 0.0615. The lowest BCUT2D eigenvalue weighted by molar-refractivity contribution is -0.130. The first-order valence-corrected chi connectivity index (χ1v) is 8.86. The Kier molecular flexibility index (Phi) is 5.86. The monoisotopic (exact) mass is 336 g/mol. The van der Waals surface area contributed by atoms with Gasteiger partial charge in [0.25, 0.3) is 0 Å². The fourth-order valence-corrected chi connectivity index (χ4v) is 3.31. The normalized spacial score (nSPS) is 26.4. The molecule has 134 valence electrons. The van der Waals surface area contributed by atoms with Gasteiger partial charge in [0.15, 0.2) is 0 Å². The highest BCUT2D eigenvalue weighted by Gasteiger charge is 2.28. The van der Waals surface area contributed by atoms with E-state index in [9.17, 15) is 4.79 Å². The number of rotatable bonds is 6.